The lowest BCUT2D eigenvalue weighted by Crippen LogP contribution is -2.18. The van der Waals surface area contributed by atoms with Gasteiger partial charge in [-0.3, -0.25) is 0 Å². The average Bonchev–Trinajstić information content (AvgIpc) is 2.70. The molecule has 3 rings (SSSR count). The van der Waals surface area contributed by atoms with Gasteiger partial charge in [0.25, 0.3) is 0 Å². The van der Waals surface area contributed by atoms with E-state index in [4.69, 9.17) is 11.6 Å². The highest BCUT2D eigenvalue weighted by molar-refractivity contribution is 7.16. The van der Waals surface area contributed by atoms with Crippen LogP contribution in [0.2, 0.25) is 5.02 Å². The first kappa shape index (κ1) is 12.2. The maximum atomic E-state index is 6.32. The van der Waals surface area contributed by atoms with Crippen molar-refractivity contribution in [3.8, 4) is 0 Å². The van der Waals surface area contributed by atoms with Crippen LogP contribution >= 0.6 is 22.9 Å². The van der Waals surface area contributed by atoms with Crippen LogP contribution in [-0.2, 0) is 0 Å². The van der Waals surface area contributed by atoms with Crippen LogP contribution in [0.4, 0.5) is 5.69 Å². The molecule has 1 fully saturated rings. The first-order valence-electron chi connectivity index (χ1n) is 6.63. The van der Waals surface area contributed by atoms with Crippen LogP contribution in [-0.4, -0.2) is 11.0 Å². The summed E-state index contributed by atoms with van der Waals surface area (Å²) in [7, 11) is 0. The van der Waals surface area contributed by atoms with E-state index in [1.807, 2.05) is 17.6 Å². The van der Waals surface area contributed by atoms with Gasteiger partial charge in [0, 0.05) is 6.04 Å². The highest BCUT2D eigenvalue weighted by atomic mass is 35.5. The van der Waals surface area contributed by atoms with E-state index in [2.05, 4.69) is 10.3 Å². The second-order valence-corrected chi connectivity index (χ2v) is 6.25. The number of anilines is 1. The highest BCUT2D eigenvalue weighted by Gasteiger charge is 2.15. The Balaban J connectivity index is 1.88. The number of hydrogen-bond acceptors (Lipinski definition) is 3. The van der Waals surface area contributed by atoms with Crippen molar-refractivity contribution in [1.82, 2.24) is 4.98 Å². The second-order valence-electron chi connectivity index (χ2n) is 4.95. The first-order valence-corrected chi connectivity index (χ1v) is 7.88. The zero-order valence-electron chi connectivity index (χ0n) is 10.3. The van der Waals surface area contributed by atoms with Gasteiger partial charge in [-0.05, 0) is 25.0 Å². The number of rotatable bonds is 2. The summed E-state index contributed by atoms with van der Waals surface area (Å²) in [5.74, 6) is 0. The van der Waals surface area contributed by atoms with E-state index in [9.17, 15) is 0 Å². The summed E-state index contributed by atoms with van der Waals surface area (Å²) >= 11 is 7.99. The largest absolute Gasteiger partial charge is 0.379 e. The van der Waals surface area contributed by atoms with Crippen molar-refractivity contribution >= 4 is 38.8 Å². The fraction of sp³-hybridized carbons (Fsp3) is 0.500. The zero-order valence-corrected chi connectivity index (χ0v) is 11.9. The van der Waals surface area contributed by atoms with Crippen molar-refractivity contribution in [2.45, 2.75) is 44.6 Å². The monoisotopic (exact) mass is 280 g/mol. The molecule has 0 bridgehead atoms. The minimum absolute atomic E-state index is 0.553. The van der Waals surface area contributed by atoms with E-state index in [0.29, 0.717) is 6.04 Å². The molecule has 0 amide bonds. The lowest BCUT2D eigenvalue weighted by Gasteiger charge is -2.18. The van der Waals surface area contributed by atoms with Crippen molar-refractivity contribution in [1.29, 1.82) is 0 Å². The van der Waals surface area contributed by atoms with E-state index < -0.39 is 0 Å². The lowest BCUT2D eigenvalue weighted by atomic mass is 10.1. The number of aromatic nitrogens is 1. The third-order valence-electron chi connectivity index (χ3n) is 3.66. The molecule has 1 aliphatic carbocycles. The van der Waals surface area contributed by atoms with E-state index >= 15 is 0 Å². The van der Waals surface area contributed by atoms with Crippen LogP contribution in [0, 0.1) is 0 Å². The van der Waals surface area contributed by atoms with E-state index in [1.165, 1.54) is 43.2 Å². The molecule has 0 aliphatic heterocycles. The van der Waals surface area contributed by atoms with E-state index in [1.54, 1.807) is 11.3 Å². The van der Waals surface area contributed by atoms with Crippen LogP contribution in [0.3, 0.4) is 0 Å². The summed E-state index contributed by atoms with van der Waals surface area (Å²) in [4.78, 5) is 4.44. The minimum Gasteiger partial charge on any atom is -0.379 e. The fourth-order valence-corrected chi connectivity index (χ4v) is 3.56. The van der Waals surface area contributed by atoms with Gasteiger partial charge >= 0.3 is 0 Å². The predicted molar refractivity (Wildman–Crippen MR) is 79.7 cm³/mol. The molecule has 1 aliphatic rings. The van der Waals surface area contributed by atoms with Crippen molar-refractivity contribution in [2.24, 2.45) is 0 Å². The van der Waals surface area contributed by atoms with Crippen LogP contribution in [0.15, 0.2) is 17.6 Å². The first-order chi connectivity index (χ1) is 8.84. The maximum Gasteiger partial charge on any atom is 0.106 e. The Bertz CT molecular complexity index is 530. The van der Waals surface area contributed by atoms with Gasteiger partial charge in [-0.15, -0.1) is 11.3 Å². The fourth-order valence-electron chi connectivity index (χ4n) is 2.67. The molecule has 4 heteroatoms. The Labute approximate surface area is 116 Å². The minimum atomic E-state index is 0.553. The molecule has 96 valence electrons. The Hall–Kier alpha value is -0.800. The molecule has 0 atom stereocenters. The van der Waals surface area contributed by atoms with Crippen molar-refractivity contribution in [3.63, 3.8) is 0 Å². The quantitative estimate of drug-likeness (QED) is 0.776. The zero-order chi connectivity index (χ0) is 12.4. The summed E-state index contributed by atoms with van der Waals surface area (Å²) in [6, 6.07) is 4.58. The van der Waals surface area contributed by atoms with Crippen LogP contribution < -0.4 is 5.32 Å². The summed E-state index contributed by atoms with van der Waals surface area (Å²) < 4.78 is 1.20. The molecule has 0 saturated heterocycles. The van der Waals surface area contributed by atoms with Gasteiger partial charge in [-0.2, -0.15) is 0 Å². The highest BCUT2D eigenvalue weighted by Crippen LogP contribution is 2.34. The summed E-state index contributed by atoms with van der Waals surface area (Å²) in [5.41, 5.74) is 3.94. The topological polar surface area (TPSA) is 24.9 Å². The molecule has 0 spiro atoms. The molecule has 0 radical (unpaired) electrons. The smallest absolute Gasteiger partial charge is 0.106 e. The molecule has 18 heavy (non-hydrogen) atoms. The van der Waals surface area contributed by atoms with Gasteiger partial charge in [-0.1, -0.05) is 37.3 Å². The van der Waals surface area contributed by atoms with Gasteiger partial charge in [-0.25, -0.2) is 4.98 Å². The number of benzene rings is 1. The van der Waals surface area contributed by atoms with Crippen molar-refractivity contribution in [2.75, 3.05) is 5.32 Å². The molecule has 1 saturated carbocycles. The number of nitrogens with one attached hydrogen (secondary N) is 1. The number of fused-ring (bicyclic) bond motifs is 1. The van der Waals surface area contributed by atoms with Crippen molar-refractivity contribution in [3.05, 3.63) is 22.7 Å². The normalized spacial score (nSPS) is 17.8. The Morgan fingerprint density at radius 2 is 1.94 bits per heavy atom. The third kappa shape index (κ3) is 2.47. The van der Waals surface area contributed by atoms with Gasteiger partial charge in [0.15, 0.2) is 0 Å². The molecular weight excluding hydrogens is 264 g/mol. The number of hydrogen-bond donors (Lipinski definition) is 1. The van der Waals surface area contributed by atoms with Crippen LogP contribution in [0.1, 0.15) is 38.5 Å². The summed E-state index contributed by atoms with van der Waals surface area (Å²) in [6.07, 6.45) is 7.87. The SMILES string of the molecule is Clc1ccc2scnc2c1NC1CCCCCC1. The molecule has 0 unspecified atom stereocenters. The van der Waals surface area contributed by atoms with Crippen LogP contribution in [0.5, 0.6) is 0 Å². The van der Waals surface area contributed by atoms with Gasteiger partial charge < -0.3 is 5.32 Å². The molecule has 2 nitrogen and oxygen atoms in total. The van der Waals surface area contributed by atoms with Crippen molar-refractivity contribution < 1.29 is 0 Å². The Morgan fingerprint density at radius 1 is 1.17 bits per heavy atom. The lowest BCUT2D eigenvalue weighted by molar-refractivity contribution is 0.620. The molecule has 1 heterocycles. The summed E-state index contributed by atoms with van der Waals surface area (Å²) in [6.45, 7) is 0. The molecule has 1 aromatic heterocycles. The maximum absolute atomic E-state index is 6.32. The van der Waals surface area contributed by atoms with Gasteiger partial charge in [0.2, 0.25) is 0 Å². The van der Waals surface area contributed by atoms with Gasteiger partial charge in [0.1, 0.15) is 5.52 Å². The number of nitrogens with zero attached hydrogens (tertiary/aromatic N) is 1. The average molecular weight is 281 g/mol. The molecule has 1 N–H and O–H groups in total. The molecule has 2 aromatic rings. The van der Waals surface area contributed by atoms with Gasteiger partial charge in [0.05, 0.1) is 20.9 Å². The van der Waals surface area contributed by atoms with E-state index in [-0.39, 0.29) is 0 Å². The molecular formula is C14H17ClN2S. The molecule has 1 aromatic carbocycles. The Morgan fingerprint density at radius 3 is 2.72 bits per heavy atom. The van der Waals surface area contributed by atoms with E-state index in [0.717, 1.165) is 16.2 Å². The third-order valence-corrected chi connectivity index (χ3v) is 4.76. The second kappa shape index (κ2) is 5.45. The Kier molecular flexibility index (Phi) is 3.71. The standard InChI is InChI=1S/C14H17ClN2S/c15-11-7-8-12-14(16-9-18-12)13(11)17-10-5-3-1-2-4-6-10/h7-10,17H,1-6H2. The summed E-state index contributed by atoms with van der Waals surface area (Å²) in [5, 5.41) is 4.42. The van der Waals surface area contributed by atoms with Crippen LogP contribution in [0.25, 0.3) is 10.2 Å². The number of halogens is 1. The number of thiazole rings is 1. The predicted octanol–water partition coefficient (Wildman–Crippen LogP) is 5.08.